The lowest BCUT2D eigenvalue weighted by Crippen LogP contribution is -2.44. The highest BCUT2D eigenvalue weighted by atomic mass is 79.9. The van der Waals surface area contributed by atoms with Crippen molar-refractivity contribution in [3.63, 3.8) is 0 Å². The summed E-state index contributed by atoms with van der Waals surface area (Å²) in [6, 6.07) is 24.7. The van der Waals surface area contributed by atoms with Crippen LogP contribution < -0.4 is 4.74 Å². The standard InChI is InChI=1S/C31H33NO4.C2H6.CH3Br/c1-32(21-10-13-23-11-3-2-4-12-23)22-20-27(24-14-9-15-24)36-30(33)31(34)25-16-5-7-18-28(25)35-29-19-8-6-17-26(29)31;2*1-2/h2-8,11-12,16-20,22,24,27,34H,9-10,13-15,21H2,1H3;1-2H3;1H3/b22-20+;;. The van der Waals surface area contributed by atoms with E-state index in [2.05, 4.69) is 45.1 Å². The molecule has 5 rings (SSSR count). The molecule has 1 saturated carbocycles. The third-order valence-corrected chi connectivity index (χ3v) is 7.28. The third-order valence-electron chi connectivity index (χ3n) is 7.28. The Kier molecular flexibility index (Phi) is 12.3. The smallest absolute Gasteiger partial charge is 0.348 e. The van der Waals surface area contributed by atoms with Crippen LogP contribution in [-0.4, -0.2) is 41.5 Å². The molecule has 1 atom stereocenters. The summed E-state index contributed by atoms with van der Waals surface area (Å²) < 4.78 is 12.0. The number of fused-ring (bicyclic) bond motifs is 2. The van der Waals surface area contributed by atoms with Gasteiger partial charge >= 0.3 is 5.97 Å². The first kappa shape index (κ1) is 31.4. The van der Waals surface area contributed by atoms with Crippen LogP contribution in [0.4, 0.5) is 0 Å². The minimum atomic E-state index is -1.93. The topological polar surface area (TPSA) is 59.0 Å². The van der Waals surface area contributed by atoms with Crippen LogP contribution in [0, 0.1) is 5.92 Å². The molecule has 0 radical (unpaired) electrons. The van der Waals surface area contributed by atoms with Gasteiger partial charge in [-0.2, -0.15) is 0 Å². The van der Waals surface area contributed by atoms with Crippen LogP contribution in [-0.2, 0) is 21.6 Å². The maximum absolute atomic E-state index is 13.7. The zero-order valence-corrected chi connectivity index (χ0v) is 25.6. The minimum absolute atomic E-state index is 0.261. The van der Waals surface area contributed by atoms with Crippen molar-refractivity contribution in [3.8, 4) is 11.5 Å². The highest BCUT2D eigenvalue weighted by Crippen LogP contribution is 2.47. The van der Waals surface area contributed by atoms with Gasteiger partial charge in [0.15, 0.2) is 0 Å². The van der Waals surface area contributed by atoms with E-state index in [1.807, 2.05) is 57.2 Å². The van der Waals surface area contributed by atoms with Crippen molar-refractivity contribution >= 4 is 21.9 Å². The minimum Gasteiger partial charge on any atom is -0.457 e. The summed E-state index contributed by atoms with van der Waals surface area (Å²) in [7, 11) is 2.04. The van der Waals surface area contributed by atoms with E-state index in [1.165, 1.54) is 5.56 Å². The van der Waals surface area contributed by atoms with Crippen molar-refractivity contribution in [1.82, 2.24) is 4.90 Å². The van der Waals surface area contributed by atoms with E-state index in [1.54, 1.807) is 36.4 Å². The number of nitrogens with zero attached hydrogens (tertiary/aromatic N) is 1. The Hall–Kier alpha value is -3.09. The van der Waals surface area contributed by atoms with Crippen LogP contribution >= 0.6 is 15.9 Å². The molecular formula is C34H42BrNO4. The maximum Gasteiger partial charge on any atom is 0.348 e. The number of ether oxygens (including phenoxy) is 2. The van der Waals surface area contributed by atoms with Gasteiger partial charge in [0.25, 0.3) is 0 Å². The number of hydrogen-bond donors (Lipinski definition) is 1. The molecule has 5 nitrogen and oxygen atoms in total. The summed E-state index contributed by atoms with van der Waals surface area (Å²) in [4.78, 5) is 15.8. The molecule has 3 aromatic carbocycles. The number of benzene rings is 3. The van der Waals surface area contributed by atoms with Crippen molar-refractivity contribution in [3.05, 3.63) is 108 Å². The van der Waals surface area contributed by atoms with Gasteiger partial charge in [-0.15, -0.1) is 0 Å². The highest BCUT2D eigenvalue weighted by molar-refractivity contribution is 9.08. The normalized spacial score (nSPS) is 15.4. The second kappa shape index (κ2) is 15.6. The number of halogens is 1. The van der Waals surface area contributed by atoms with E-state index in [0.717, 1.165) is 38.6 Å². The fourth-order valence-corrected chi connectivity index (χ4v) is 4.95. The lowest BCUT2D eigenvalue weighted by Gasteiger charge is -2.37. The Labute approximate surface area is 248 Å². The molecule has 0 saturated heterocycles. The summed E-state index contributed by atoms with van der Waals surface area (Å²) in [6.45, 7) is 4.90. The zero-order valence-electron chi connectivity index (χ0n) is 24.1. The van der Waals surface area contributed by atoms with Crippen LogP contribution in [0.1, 0.15) is 56.2 Å². The summed E-state index contributed by atoms with van der Waals surface area (Å²) in [6.07, 6.45) is 8.79. The molecule has 1 aliphatic carbocycles. The van der Waals surface area contributed by atoms with Gasteiger partial charge in [-0.05, 0) is 67.4 Å². The fraction of sp³-hybridized carbons (Fsp3) is 0.382. The molecule has 40 heavy (non-hydrogen) atoms. The lowest BCUT2D eigenvalue weighted by molar-refractivity contribution is -0.169. The number of aryl methyl sites for hydroxylation is 1. The number of esters is 1. The molecule has 3 aromatic rings. The highest BCUT2D eigenvalue weighted by Gasteiger charge is 2.49. The molecule has 6 heteroatoms. The van der Waals surface area contributed by atoms with Crippen LogP contribution in [0.2, 0.25) is 0 Å². The van der Waals surface area contributed by atoms with Gasteiger partial charge in [0.1, 0.15) is 17.6 Å². The van der Waals surface area contributed by atoms with E-state index in [4.69, 9.17) is 9.47 Å². The van der Waals surface area contributed by atoms with Gasteiger partial charge in [-0.25, -0.2) is 4.79 Å². The quantitative estimate of drug-likeness (QED) is 0.198. The second-order valence-electron chi connectivity index (χ2n) is 9.78. The molecule has 1 aliphatic heterocycles. The largest absolute Gasteiger partial charge is 0.457 e. The number of alkyl halides is 1. The predicted octanol–water partition coefficient (Wildman–Crippen LogP) is 7.86. The van der Waals surface area contributed by atoms with Crippen molar-refractivity contribution in [1.29, 1.82) is 0 Å². The molecule has 0 spiro atoms. The van der Waals surface area contributed by atoms with Gasteiger partial charge in [-0.1, -0.05) is 103 Å². The summed E-state index contributed by atoms with van der Waals surface area (Å²) in [5.41, 5.74) is 0.218. The number of hydrogen-bond acceptors (Lipinski definition) is 5. The Morgan fingerprint density at radius 2 is 1.55 bits per heavy atom. The van der Waals surface area contributed by atoms with Gasteiger partial charge < -0.3 is 19.5 Å². The lowest BCUT2D eigenvalue weighted by atomic mass is 9.80. The second-order valence-corrected chi connectivity index (χ2v) is 9.78. The number of rotatable bonds is 9. The van der Waals surface area contributed by atoms with Crippen LogP contribution in [0.15, 0.2) is 91.1 Å². The van der Waals surface area contributed by atoms with E-state index in [0.29, 0.717) is 22.6 Å². The van der Waals surface area contributed by atoms with Gasteiger partial charge in [0.05, 0.1) is 0 Å². The molecule has 0 aromatic heterocycles. The van der Waals surface area contributed by atoms with Crippen LogP contribution in [0.25, 0.3) is 0 Å². The van der Waals surface area contributed by atoms with Crippen molar-refractivity contribution in [2.45, 2.75) is 57.7 Å². The molecule has 214 valence electrons. The average Bonchev–Trinajstić information content (AvgIpc) is 2.98. The van der Waals surface area contributed by atoms with Gasteiger partial charge in [-0.3, -0.25) is 0 Å². The van der Waals surface area contributed by atoms with Crippen molar-refractivity contribution in [2.24, 2.45) is 5.92 Å². The molecule has 0 amide bonds. The van der Waals surface area contributed by atoms with Crippen molar-refractivity contribution in [2.75, 3.05) is 19.4 Å². The number of aliphatic hydroxyl groups is 1. The Balaban J connectivity index is 0.00000106. The van der Waals surface area contributed by atoms with E-state index >= 15 is 0 Å². The number of carbonyl (C=O) groups excluding carboxylic acids is 1. The van der Waals surface area contributed by atoms with Gasteiger partial charge in [0.2, 0.25) is 5.60 Å². The monoisotopic (exact) mass is 607 g/mol. The van der Waals surface area contributed by atoms with Crippen LogP contribution in [0.5, 0.6) is 11.5 Å². The zero-order chi connectivity index (χ0) is 29.0. The Morgan fingerprint density at radius 1 is 1.00 bits per heavy atom. The molecule has 1 N–H and O–H groups in total. The predicted molar refractivity (Wildman–Crippen MR) is 166 cm³/mol. The Morgan fingerprint density at radius 3 is 2.10 bits per heavy atom. The maximum atomic E-state index is 13.7. The average molecular weight is 609 g/mol. The summed E-state index contributed by atoms with van der Waals surface area (Å²) >= 11 is 2.94. The molecular weight excluding hydrogens is 566 g/mol. The van der Waals surface area contributed by atoms with E-state index < -0.39 is 17.7 Å². The fourth-order valence-electron chi connectivity index (χ4n) is 4.95. The molecule has 0 bridgehead atoms. The van der Waals surface area contributed by atoms with E-state index in [-0.39, 0.29) is 5.92 Å². The molecule has 2 aliphatic rings. The van der Waals surface area contributed by atoms with Crippen molar-refractivity contribution < 1.29 is 19.4 Å². The number of para-hydroxylation sites is 2. The summed E-state index contributed by atoms with van der Waals surface area (Å²) in [5, 5.41) is 11.9. The number of carbonyl (C=O) groups is 1. The first-order chi connectivity index (χ1) is 19.6. The Bertz CT molecular complexity index is 1180. The third kappa shape index (κ3) is 7.35. The van der Waals surface area contributed by atoms with Crippen LogP contribution in [0.3, 0.4) is 0 Å². The first-order valence-corrected chi connectivity index (χ1v) is 15.7. The summed E-state index contributed by atoms with van der Waals surface area (Å²) in [5.74, 6) is 2.33. The SMILES string of the molecule is CBr.CC.CN(/C=C/C(OC(=O)C1(O)c2ccccc2Oc2ccccc21)C1CCC1)CCCc1ccccc1. The first-order valence-electron chi connectivity index (χ1n) is 14.2. The molecule has 1 unspecified atom stereocenters. The van der Waals surface area contributed by atoms with Gasteiger partial charge in [0, 0.05) is 24.7 Å². The molecule has 1 heterocycles. The molecule has 1 fully saturated rings. The van der Waals surface area contributed by atoms with E-state index in [9.17, 15) is 9.90 Å².